The molecule has 1 unspecified atom stereocenters. The molecule has 1 spiro atoms. The molecule has 3 rings (SSSR count). The van der Waals surface area contributed by atoms with Gasteiger partial charge >= 0.3 is 5.97 Å². The summed E-state index contributed by atoms with van der Waals surface area (Å²) in [5.74, 6) is -0.0502. The van der Waals surface area contributed by atoms with Gasteiger partial charge in [-0.25, -0.2) is 9.78 Å². The highest BCUT2D eigenvalue weighted by Crippen LogP contribution is 2.41. The molecule has 2 aliphatic rings. The minimum atomic E-state index is -0.937. The fraction of sp³-hybridized carbons (Fsp3) is 0.647. The third kappa shape index (κ3) is 3.07. The zero-order valence-corrected chi connectivity index (χ0v) is 14.2. The van der Waals surface area contributed by atoms with Gasteiger partial charge in [-0.2, -0.15) is 0 Å². The molecule has 0 saturated carbocycles. The number of amides is 1. The number of carbonyl (C=O) groups excluding carboxylic acids is 1. The number of carboxylic acids is 1. The number of aliphatic carboxylic acids is 1. The van der Waals surface area contributed by atoms with E-state index >= 15 is 0 Å². The molecule has 24 heavy (non-hydrogen) atoms. The van der Waals surface area contributed by atoms with Crippen LogP contribution in [0, 0.1) is 12.3 Å². The van der Waals surface area contributed by atoms with Gasteiger partial charge in [0.1, 0.15) is 11.9 Å². The van der Waals surface area contributed by atoms with E-state index in [9.17, 15) is 14.7 Å². The summed E-state index contributed by atoms with van der Waals surface area (Å²) in [6, 6.07) is -0.755. The van der Waals surface area contributed by atoms with Gasteiger partial charge in [0.15, 0.2) is 0 Å². The Balaban J connectivity index is 1.70. The van der Waals surface area contributed by atoms with Gasteiger partial charge in [-0.1, -0.05) is 0 Å². The van der Waals surface area contributed by atoms with E-state index < -0.39 is 12.0 Å². The van der Waals surface area contributed by atoms with Gasteiger partial charge in [0.25, 0.3) is 0 Å². The largest absolute Gasteiger partial charge is 0.480 e. The Morgan fingerprint density at radius 1 is 1.25 bits per heavy atom. The zero-order valence-electron chi connectivity index (χ0n) is 14.2. The van der Waals surface area contributed by atoms with Crippen LogP contribution in [-0.2, 0) is 9.59 Å². The monoisotopic (exact) mass is 332 g/mol. The Morgan fingerprint density at radius 3 is 2.54 bits per heavy atom. The third-order valence-electron chi connectivity index (χ3n) is 5.50. The second-order valence-corrected chi connectivity index (χ2v) is 6.99. The van der Waals surface area contributed by atoms with Crippen LogP contribution in [0.2, 0.25) is 0 Å². The van der Waals surface area contributed by atoms with Gasteiger partial charge in [-0.15, -0.1) is 0 Å². The smallest absolute Gasteiger partial charge is 0.326 e. The molecule has 1 N–H and O–H groups in total. The van der Waals surface area contributed by atoms with Crippen molar-refractivity contribution >= 4 is 17.7 Å². The lowest BCUT2D eigenvalue weighted by Gasteiger charge is -2.48. The van der Waals surface area contributed by atoms with Crippen molar-refractivity contribution in [3.05, 3.63) is 18.1 Å². The van der Waals surface area contributed by atoms with Crippen molar-refractivity contribution in [3.63, 3.8) is 0 Å². The second-order valence-electron chi connectivity index (χ2n) is 6.99. The Morgan fingerprint density at radius 2 is 1.92 bits per heavy atom. The highest BCUT2D eigenvalue weighted by Gasteiger charge is 2.43. The summed E-state index contributed by atoms with van der Waals surface area (Å²) < 4.78 is 0. The molecule has 2 fully saturated rings. The van der Waals surface area contributed by atoms with Crippen molar-refractivity contribution in [2.45, 2.75) is 45.6 Å². The number of carbonyl (C=O) groups is 2. The number of carboxylic acid groups (broad SMARTS) is 1. The molecular weight excluding hydrogens is 308 g/mol. The minimum absolute atomic E-state index is 0.0320. The maximum Gasteiger partial charge on any atom is 0.326 e. The maximum absolute atomic E-state index is 12.1. The van der Waals surface area contributed by atoms with Crippen LogP contribution in [0.15, 0.2) is 12.4 Å². The van der Waals surface area contributed by atoms with Crippen LogP contribution in [0.3, 0.4) is 0 Å². The molecule has 1 atom stereocenters. The van der Waals surface area contributed by atoms with Crippen LogP contribution >= 0.6 is 0 Å². The molecule has 130 valence electrons. The average Bonchev–Trinajstić information content (AvgIpc) is 2.58. The normalized spacial score (nSPS) is 21.8. The standard InChI is InChI=1S/C17H24N4O3/c1-12-15(19-8-7-18-12)20-9-5-17(6-10-20)4-3-14(22)21(11-17)13(2)16(23)24/h7-8,13H,3-6,9-11H2,1-2H3,(H,23,24). The molecule has 0 aromatic carbocycles. The molecule has 7 nitrogen and oxygen atoms in total. The molecule has 2 aliphatic heterocycles. The van der Waals surface area contributed by atoms with E-state index in [0.29, 0.717) is 13.0 Å². The second kappa shape index (κ2) is 6.37. The number of hydrogen-bond donors (Lipinski definition) is 1. The van der Waals surface area contributed by atoms with Gasteiger partial charge in [0.05, 0.1) is 5.69 Å². The fourth-order valence-corrected chi connectivity index (χ4v) is 3.84. The molecular formula is C17H24N4O3. The van der Waals surface area contributed by atoms with E-state index in [1.54, 1.807) is 24.2 Å². The quantitative estimate of drug-likeness (QED) is 0.902. The molecule has 1 amide bonds. The van der Waals surface area contributed by atoms with E-state index in [4.69, 9.17) is 0 Å². The first-order chi connectivity index (χ1) is 11.4. The number of likely N-dealkylation sites (tertiary alicyclic amines) is 1. The Bertz CT molecular complexity index is 640. The van der Waals surface area contributed by atoms with E-state index in [-0.39, 0.29) is 11.3 Å². The fourth-order valence-electron chi connectivity index (χ4n) is 3.84. The van der Waals surface area contributed by atoms with Crippen molar-refractivity contribution < 1.29 is 14.7 Å². The van der Waals surface area contributed by atoms with E-state index in [1.165, 1.54) is 0 Å². The molecule has 0 radical (unpaired) electrons. The Kier molecular flexibility index (Phi) is 4.43. The van der Waals surface area contributed by atoms with Gasteiger partial charge < -0.3 is 14.9 Å². The lowest BCUT2D eigenvalue weighted by atomic mass is 9.72. The summed E-state index contributed by atoms with van der Waals surface area (Å²) in [7, 11) is 0. The highest BCUT2D eigenvalue weighted by molar-refractivity contribution is 5.84. The SMILES string of the molecule is Cc1nccnc1N1CCC2(CCC(=O)N(C(C)C(=O)O)C2)CC1. The molecule has 1 aromatic rings. The van der Waals surface area contributed by atoms with Crippen molar-refractivity contribution in [3.8, 4) is 0 Å². The lowest BCUT2D eigenvalue weighted by Crippen LogP contribution is -2.55. The van der Waals surface area contributed by atoms with Crippen LogP contribution in [0.5, 0.6) is 0 Å². The summed E-state index contributed by atoms with van der Waals surface area (Å²) >= 11 is 0. The summed E-state index contributed by atoms with van der Waals surface area (Å²) in [6.07, 6.45) is 6.59. The Hall–Kier alpha value is -2.18. The number of rotatable bonds is 3. The zero-order chi connectivity index (χ0) is 17.3. The number of aromatic nitrogens is 2. The van der Waals surface area contributed by atoms with Crippen LogP contribution < -0.4 is 4.90 Å². The van der Waals surface area contributed by atoms with E-state index in [2.05, 4.69) is 14.9 Å². The van der Waals surface area contributed by atoms with Gasteiger partial charge in [0, 0.05) is 38.4 Å². The van der Waals surface area contributed by atoms with Crippen molar-refractivity contribution in [2.24, 2.45) is 5.41 Å². The molecule has 0 bridgehead atoms. The minimum Gasteiger partial charge on any atom is -0.480 e. The topological polar surface area (TPSA) is 86.6 Å². The first-order valence-corrected chi connectivity index (χ1v) is 8.47. The predicted octanol–water partition coefficient (Wildman–Crippen LogP) is 1.47. The summed E-state index contributed by atoms with van der Waals surface area (Å²) in [5.41, 5.74) is 0.956. The van der Waals surface area contributed by atoms with E-state index in [1.807, 2.05) is 6.92 Å². The van der Waals surface area contributed by atoms with Crippen LogP contribution in [0.4, 0.5) is 5.82 Å². The predicted molar refractivity (Wildman–Crippen MR) is 88.7 cm³/mol. The third-order valence-corrected chi connectivity index (χ3v) is 5.50. The molecule has 1 aromatic heterocycles. The maximum atomic E-state index is 12.1. The van der Waals surface area contributed by atoms with Crippen LogP contribution in [0.25, 0.3) is 0 Å². The summed E-state index contributed by atoms with van der Waals surface area (Å²) in [5, 5.41) is 9.24. The first kappa shape index (κ1) is 16.7. The molecule has 2 saturated heterocycles. The number of hydrogen-bond acceptors (Lipinski definition) is 5. The van der Waals surface area contributed by atoms with Gasteiger partial charge in [-0.3, -0.25) is 9.78 Å². The molecule has 7 heteroatoms. The summed E-state index contributed by atoms with van der Waals surface area (Å²) in [6.45, 7) is 5.83. The summed E-state index contributed by atoms with van der Waals surface area (Å²) in [4.78, 5) is 35.9. The van der Waals surface area contributed by atoms with Crippen molar-refractivity contribution in [1.29, 1.82) is 0 Å². The number of piperidine rings is 2. The Labute approximate surface area is 141 Å². The lowest BCUT2D eigenvalue weighted by molar-refractivity contribution is -0.154. The molecule has 3 heterocycles. The number of aryl methyl sites for hydroxylation is 1. The number of nitrogens with zero attached hydrogens (tertiary/aromatic N) is 4. The van der Waals surface area contributed by atoms with Gasteiger partial charge in [-0.05, 0) is 38.5 Å². The van der Waals surface area contributed by atoms with Crippen LogP contribution in [-0.4, -0.2) is 57.5 Å². The van der Waals surface area contributed by atoms with Crippen molar-refractivity contribution in [1.82, 2.24) is 14.9 Å². The molecule has 0 aliphatic carbocycles. The van der Waals surface area contributed by atoms with Crippen LogP contribution in [0.1, 0.15) is 38.3 Å². The highest BCUT2D eigenvalue weighted by atomic mass is 16.4. The average molecular weight is 332 g/mol. The van der Waals surface area contributed by atoms with E-state index in [0.717, 1.165) is 43.9 Å². The number of anilines is 1. The van der Waals surface area contributed by atoms with Gasteiger partial charge in [0.2, 0.25) is 5.91 Å². The first-order valence-electron chi connectivity index (χ1n) is 8.47. The van der Waals surface area contributed by atoms with Crippen molar-refractivity contribution in [2.75, 3.05) is 24.5 Å².